The first-order chi connectivity index (χ1) is 11.2. The Morgan fingerprint density at radius 2 is 2.00 bits per heavy atom. The lowest BCUT2D eigenvalue weighted by molar-refractivity contribution is 0.525. The number of benzene rings is 1. The minimum absolute atomic E-state index is 0.0559. The number of hydrogen-bond donors (Lipinski definition) is 2. The fraction of sp³-hybridized carbons (Fsp3) is 0.235. The van der Waals surface area contributed by atoms with E-state index in [1.54, 1.807) is 17.7 Å². The molecule has 0 aliphatic carbocycles. The van der Waals surface area contributed by atoms with Crippen LogP contribution in [-0.2, 0) is 0 Å². The average Bonchev–Trinajstić information content (AvgIpc) is 3.18. The van der Waals surface area contributed by atoms with Gasteiger partial charge >= 0.3 is 0 Å². The third-order valence-corrected chi connectivity index (χ3v) is 4.74. The molecule has 4 rings (SSSR count). The summed E-state index contributed by atoms with van der Waals surface area (Å²) in [6.45, 7) is 4.35. The van der Waals surface area contributed by atoms with Gasteiger partial charge in [0, 0.05) is 0 Å². The molecule has 1 atom stereocenters. The highest BCUT2D eigenvalue weighted by atomic mass is 32.1. The van der Waals surface area contributed by atoms with Gasteiger partial charge in [-0.05, 0) is 29.5 Å². The summed E-state index contributed by atoms with van der Waals surface area (Å²) in [7, 11) is 0. The molecule has 3 aromatic heterocycles. The van der Waals surface area contributed by atoms with E-state index >= 15 is 0 Å². The Kier molecular flexibility index (Phi) is 3.46. The first-order valence-electron chi connectivity index (χ1n) is 7.62. The fourth-order valence-corrected chi connectivity index (χ4v) is 3.46. The second-order valence-electron chi connectivity index (χ2n) is 5.87. The lowest BCUT2D eigenvalue weighted by Gasteiger charge is -2.21. The molecule has 0 amide bonds. The van der Waals surface area contributed by atoms with E-state index in [0.29, 0.717) is 5.92 Å². The lowest BCUT2D eigenvalue weighted by Crippen LogP contribution is -2.19. The van der Waals surface area contributed by atoms with Crippen molar-refractivity contribution in [3.05, 3.63) is 47.9 Å². The molecule has 2 N–H and O–H groups in total. The number of aromatic amines is 1. The quantitative estimate of drug-likeness (QED) is 0.585. The van der Waals surface area contributed by atoms with Crippen molar-refractivity contribution in [1.82, 2.24) is 19.9 Å². The van der Waals surface area contributed by atoms with Crippen LogP contribution in [0.4, 0.5) is 5.82 Å². The number of hydrogen-bond acceptors (Lipinski definition) is 5. The highest BCUT2D eigenvalue weighted by Gasteiger charge is 2.21. The maximum Gasteiger partial charge on any atom is 0.138 e. The molecule has 0 spiro atoms. The highest BCUT2D eigenvalue weighted by molar-refractivity contribution is 7.16. The third kappa shape index (κ3) is 2.55. The average molecular weight is 323 g/mol. The minimum Gasteiger partial charge on any atom is -0.359 e. The van der Waals surface area contributed by atoms with Gasteiger partial charge in [0.1, 0.15) is 22.8 Å². The van der Waals surface area contributed by atoms with E-state index in [1.807, 2.05) is 29.6 Å². The Balaban J connectivity index is 1.74. The summed E-state index contributed by atoms with van der Waals surface area (Å²) in [6, 6.07) is 10.2. The Hall–Kier alpha value is -2.47. The summed E-state index contributed by atoms with van der Waals surface area (Å²) >= 11 is 1.62. The number of nitrogens with one attached hydrogen (secondary N) is 2. The SMILES string of the molecule is CC(C)[C@@H](Nc1ncnc2sccc12)c1nc2ccccc2[nH]1. The molecule has 0 saturated carbocycles. The fourth-order valence-electron chi connectivity index (χ4n) is 2.72. The Morgan fingerprint density at radius 3 is 2.83 bits per heavy atom. The zero-order valence-electron chi connectivity index (χ0n) is 12.9. The molecule has 0 aliphatic rings. The van der Waals surface area contributed by atoms with Gasteiger partial charge < -0.3 is 10.3 Å². The molecule has 1 aromatic carbocycles. The number of H-pyrrole nitrogens is 1. The molecule has 0 unspecified atom stereocenters. The van der Waals surface area contributed by atoms with Gasteiger partial charge in [-0.25, -0.2) is 15.0 Å². The van der Waals surface area contributed by atoms with E-state index in [-0.39, 0.29) is 6.04 Å². The molecule has 5 nitrogen and oxygen atoms in total. The predicted molar refractivity (Wildman–Crippen MR) is 94.7 cm³/mol. The summed E-state index contributed by atoms with van der Waals surface area (Å²) in [6.07, 6.45) is 1.61. The Morgan fingerprint density at radius 1 is 1.13 bits per heavy atom. The van der Waals surface area contributed by atoms with Crippen LogP contribution in [0.1, 0.15) is 25.7 Å². The Labute approximate surface area is 137 Å². The molecule has 6 heteroatoms. The summed E-state index contributed by atoms with van der Waals surface area (Å²) < 4.78 is 0. The van der Waals surface area contributed by atoms with E-state index in [9.17, 15) is 0 Å². The van der Waals surface area contributed by atoms with Crippen LogP contribution in [0.3, 0.4) is 0 Å². The van der Waals surface area contributed by atoms with Crippen molar-refractivity contribution in [2.45, 2.75) is 19.9 Å². The van der Waals surface area contributed by atoms with Crippen LogP contribution in [0.25, 0.3) is 21.3 Å². The number of rotatable bonds is 4. The van der Waals surface area contributed by atoms with Gasteiger partial charge in [0.25, 0.3) is 0 Å². The number of aromatic nitrogens is 4. The highest BCUT2D eigenvalue weighted by Crippen LogP contribution is 2.30. The van der Waals surface area contributed by atoms with Crippen molar-refractivity contribution in [2.24, 2.45) is 5.92 Å². The van der Waals surface area contributed by atoms with Gasteiger partial charge in [0.05, 0.1) is 22.5 Å². The van der Waals surface area contributed by atoms with Crippen molar-refractivity contribution < 1.29 is 0 Å². The maximum absolute atomic E-state index is 4.74. The van der Waals surface area contributed by atoms with Crippen molar-refractivity contribution in [3.8, 4) is 0 Å². The van der Waals surface area contributed by atoms with Crippen LogP contribution in [0.2, 0.25) is 0 Å². The standard InChI is InChI=1S/C17H17N5S/c1-10(2)14(16-20-12-5-3-4-6-13(12)21-16)22-15-11-7-8-23-17(11)19-9-18-15/h3-10,14H,1-2H3,(H,20,21)(H,18,19,22)/t14-/m1/s1. The van der Waals surface area contributed by atoms with Crippen molar-refractivity contribution in [1.29, 1.82) is 0 Å². The smallest absolute Gasteiger partial charge is 0.138 e. The molecule has 0 saturated heterocycles. The first-order valence-corrected chi connectivity index (χ1v) is 8.50. The van der Waals surface area contributed by atoms with E-state index < -0.39 is 0 Å². The van der Waals surface area contributed by atoms with Crippen LogP contribution in [0.15, 0.2) is 42.0 Å². The minimum atomic E-state index is 0.0559. The van der Waals surface area contributed by atoms with Crippen molar-refractivity contribution >= 4 is 38.4 Å². The van der Waals surface area contributed by atoms with Crippen LogP contribution < -0.4 is 5.32 Å². The number of imidazole rings is 1. The first kappa shape index (κ1) is 14.1. The molecular formula is C17H17N5S. The second kappa shape index (κ2) is 5.62. The lowest BCUT2D eigenvalue weighted by atomic mass is 10.0. The maximum atomic E-state index is 4.74. The van der Waals surface area contributed by atoms with Gasteiger partial charge in [-0.2, -0.15) is 0 Å². The zero-order chi connectivity index (χ0) is 15.8. The van der Waals surface area contributed by atoms with Crippen LogP contribution >= 0.6 is 11.3 Å². The summed E-state index contributed by atoms with van der Waals surface area (Å²) in [5, 5.41) is 6.64. The molecule has 0 bridgehead atoms. The molecule has 23 heavy (non-hydrogen) atoms. The number of thiophene rings is 1. The van der Waals surface area contributed by atoms with Crippen LogP contribution in [0, 0.1) is 5.92 Å². The number of nitrogens with zero attached hydrogens (tertiary/aromatic N) is 3. The van der Waals surface area contributed by atoms with Crippen LogP contribution in [0.5, 0.6) is 0 Å². The normalized spacial score (nSPS) is 13.0. The molecule has 4 aromatic rings. The largest absolute Gasteiger partial charge is 0.359 e. The van der Waals surface area contributed by atoms with Crippen molar-refractivity contribution in [2.75, 3.05) is 5.32 Å². The van der Waals surface area contributed by atoms with E-state index in [0.717, 1.165) is 32.9 Å². The number of fused-ring (bicyclic) bond motifs is 2. The third-order valence-electron chi connectivity index (χ3n) is 3.92. The molecular weight excluding hydrogens is 306 g/mol. The summed E-state index contributed by atoms with van der Waals surface area (Å²) in [5.41, 5.74) is 2.04. The Bertz CT molecular complexity index is 923. The molecule has 0 radical (unpaired) electrons. The topological polar surface area (TPSA) is 66.5 Å². The van der Waals surface area contributed by atoms with Gasteiger partial charge in [-0.15, -0.1) is 11.3 Å². The summed E-state index contributed by atoms with van der Waals surface area (Å²) in [5.74, 6) is 2.15. The summed E-state index contributed by atoms with van der Waals surface area (Å²) in [4.78, 5) is 17.9. The molecule has 0 fully saturated rings. The van der Waals surface area contributed by atoms with Gasteiger partial charge in [0.2, 0.25) is 0 Å². The second-order valence-corrected chi connectivity index (χ2v) is 6.76. The molecule has 3 heterocycles. The number of para-hydroxylation sites is 2. The predicted octanol–water partition coefficient (Wildman–Crippen LogP) is 4.38. The van der Waals surface area contributed by atoms with Gasteiger partial charge in [-0.3, -0.25) is 0 Å². The molecule has 116 valence electrons. The number of anilines is 1. The van der Waals surface area contributed by atoms with E-state index in [1.165, 1.54) is 0 Å². The molecule has 0 aliphatic heterocycles. The monoisotopic (exact) mass is 323 g/mol. The van der Waals surface area contributed by atoms with Crippen molar-refractivity contribution in [3.63, 3.8) is 0 Å². The van der Waals surface area contributed by atoms with Gasteiger partial charge in [0.15, 0.2) is 0 Å². The van der Waals surface area contributed by atoms with E-state index in [2.05, 4.69) is 40.2 Å². The van der Waals surface area contributed by atoms with Crippen LogP contribution in [-0.4, -0.2) is 19.9 Å². The van der Waals surface area contributed by atoms with E-state index in [4.69, 9.17) is 4.98 Å². The zero-order valence-corrected chi connectivity index (χ0v) is 13.8. The van der Waals surface area contributed by atoms with Gasteiger partial charge in [-0.1, -0.05) is 26.0 Å².